The smallest absolute Gasteiger partial charge is 0.255 e. The molecule has 1 N–H and O–H groups in total. The van der Waals surface area contributed by atoms with Crippen LogP contribution in [-0.2, 0) is 4.79 Å². The molecule has 1 saturated carbocycles. The third-order valence-corrected chi connectivity index (χ3v) is 6.44. The maximum Gasteiger partial charge on any atom is 0.255 e. The lowest BCUT2D eigenvalue weighted by Crippen LogP contribution is -2.60. The van der Waals surface area contributed by atoms with Crippen LogP contribution in [0, 0.1) is 5.92 Å². The Morgan fingerprint density at radius 1 is 1.09 bits per heavy atom. The van der Waals surface area contributed by atoms with E-state index >= 15 is 0 Å². The summed E-state index contributed by atoms with van der Waals surface area (Å²) >= 11 is 1.97. The summed E-state index contributed by atoms with van der Waals surface area (Å²) in [5, 5.41) is 11.0. The maximum absolute atomic E-state index is 12.8. The Labute approximate surface area is 138 Å². The van der Waals surface area contributed by atoms with E-state index in [2.05, 4.69) is 4.90 Å². The van der Waals surface area contributed by atoms with Crippen molar-refractivity contribution in [3.63, 3.8) is 0 Å². The highest BCUT2D eigenvalue weighted by Crippen LogP contribution is 2.29. The fourth-order valence-electron chi connectivity index (χ4n) is 4.20. The van der Waals surface area contributed by atoms with Gasteiger partial charge in [-0.3, -0.25) is 9.69 Å². The topological polar surface area (TPSA) is 43.8 Å². The van der Waals surface area contributed by atoms with E-state index in [1.54, 1.807) is 0 Å². The van der Waals surface area contributed by atoms with E-state index in [1.165, 1.54) is 32.1 Å². The van der Waals surface area contributed by atoms with E-state index in [-0.39, 0.29) is 5.91 Å². The van der Waals surface area contributed by atoms with Gasteiger partial charge in [-0.05, 0) is 31.6 Å². The molecule has 0 aromatic heterocycles. The highest BCUT2D eigenvalue weighted by atomic mass is 32.2. The second-order valence-electron chi connectivity index (χ2n) is 7.28. The van der Waals surface area contributed by atoms with Gasteiger partial charge in [-0.15, -0.1) is 0 Å². The van der Waals surface area contributed by atoms with Gasteiger partial charge in [0, 0.05) is 44.2 Å². The van der Waals surface area contributed by atoms with Crippen LogP contribution in [0.4, 0.5) is 0 Å². The van der Waals surface area contributed by atoms with E-state index in [0.29, 0.717) is 18.9 Å². The molecule has 0 spiro atoms. The molecule has 3 rings (SSSR count). The van der Waals surface area contributed by atoms with Crippen LogP contribution in [-0.4, -0.2) is 70.6 Å². The van der Waals surface area contributed by atoms with Gasteiger partial charge in [-0.1, -0.05) is 19.3 Å². The molecule has 126 valence electrons. The minimum Gasteiger partial charge on any atom is -0.379 e. The summed E-state index contributed by atoms with van der Waals surface area (Å²) in [4.78, 5) is 17.1. The van der Waals surface area contributed by atoms with Gasteiger partial charge in [0.1, 0.15) is 0 Å². The second kappa shape index (κ2) is 7.54. The lowest BCUT2D eigenvalue weighted by molar-refractivity contribution is -0.160. The van der Waals surface area contributed by atoms with Crippen molar-refractivity contribution in [3.05, 3.63) is 0 Å². The fourth-order valence-corrected chi connectivity index (χ4v) is 5.18. The molecule has 0 bridgehead atoms. The number of aliphatic hydroxyl groups is 1. The Balaban J connectivity index is 1.58. The number of hydrogen-bond donors (Lipinski definition) is 1. The summed E-state index contributed by atoms with van der Waals surface area (Å²) in [6.45, 7) is 4.25. The first-order chi connectivity index (χ1) is 10.7. The Bertz CT molecular complexity index is 381. The van der Waals surface area contributed by atoms with Crippen LogP contribution in [0.2, 0.25) is 0 Å². The van der Waals surface area contributed by atoms with Crippen LogP contribution in [0.3, 0.4) is 0 Å². The molecule has 0 aromatic carbocycles. The summed E-state index contributed by atoms with van der Waals surface area (Å²) in [5.41, 5.74) is -1.13. The minimum atomic E-state index is -1.13. The zero-order valence-corrected chi connectivity index (χ0v) is 14.5. The molecule has 3 fully saturated rings. The van der Waals surface area contributed by atoms with Crippen molar-refractivity contribution in [1.29, 1.82) is 0 Å². The number of hydrogen-bond acceptors (Lipinski definition) is 4. The van der Waals surface area contributed by atoms with Crippen LogP contribution in [0.5, 0.6) is 0 Å². The number of β-amino-alcohol motifs (C(OH)–C–C–N with tert-alkyl or cyclic N) is 1. The van der Waals surface area contributed by atoms with Crippen molar-refractivity contribution in [2.75, 3.05) is 44.2 Å². The summed E-state index contributed by atoms with van der Waals surface area (Å²) in [7, 11) is 0. The van der Waals surface area contributed by atoms with Crippen LogP contribution < -0.4 is 0 Å². The molecule has 2 heterocycles. The summed E-state index contributed by atoms with van der Waals surface area (Å²) in [6.07, 6.45) is 8.05. The fraction of sp³-hybridized carbons (Fsp3) is 0.941. The van der Waals surface area contributed by atoms with Gasteiger partial charge in [0.2, 0.25) is 0 Å². The van der Waals surface area contributed by atoms with Gasteiger partial charge in [0.25, 0.3) is 5.91 Å². The molecule has 5 heteroatoms. The van der Waals surface area contributed by atoms with E-state index in [9.17, 15) is 9.90 Å². The monoisotopic (exact) mass is 326 g/mol. The van der Waals surface area contributed by atoms with Crippen molar-refractivity contribution in [2.45, 2.75) is 50.5 Å². The molecular formula is C17H30N2O2S. The molecule has 0 radical (unpaired) electrons. The van der Waals surface area contributed by atoms with Crippen molar-refractivity contribution in [1.82, 2.24) is 9.80 Å². The van der Waals surface area contributed by atoms with E-state index < -0.39 is 5.60 Å². The third kappa shape index (κ3) is 3.98. The van der Waals surface area contributed by atoms with E-state index in [0.717, 1.165) is 44.1 Å². The average Bonchev–Trinajstić information content (AvgIpc) is 2.54. The quantitative estimate of drug-likeness (QED) is 0.858. The number of rotatable bonds is 4. The van der Waals surface area contributed by atoms with E-state index in [4.69, 9.17) is 0 Å². The molecule has 1 atom stereocenters. The lowest BCUT2D eigenvalue weighted by atomic mass is 9.86. The first-order valence-electron chi connectivity index (χ1n) is 8.99. The van der Waals surface area contributed by atoms with Gasteiger partial charge >= 0.3 is 0 Å². The molecule has 2 aliphatic heterocycles. The number of likely N-dealkylation sites (tertiary alicyclic amines) is 1. The predicted molar refractivity (Wildman–Crippen MR) is 91.1 cm³/mol. The molecule has 1 amide bonds. The Morgan fingerprint density at radius 2 is 1.82 bits per heavy atom. The van der Waals surface area contributed by atoms with Crippen molar-refractivity contribution in [2.24, 2.45) is 5.92 Å². The van der Waals surface area contributed by atoms with Gasteiger partial charge in [-0.25, -0.2) is 0 Å². The summed E-state index contributed by atoms with van der Waals surface area (Å²) in [5.74, 6) is 2.90. The molecular weight excluding hydrogens is 296 g/mol. The van der Waals surface area contributed by atoms with Crippen molar-refractivity contribution >= 4 is 17.7 Å². The Hall–Kier alpha value is -0.260. The maximum atomic E-state index is 12.8. The number of amides is 1. The van der Waals surface area contributed by atoms with Crippen LogP contribution in [0.15, 0.2) is 0 Å². The average molecular weight is 327 g/mol. The highest BCUT2D eigenvalue weighted by Gasteiger charge is 2.43. The molecule has 0 aromatic rings. The molecule has 2 saturated heterocycles. The third-order valence-electron chi connectivity index (χ3n) is 5.50. The van der Waals surface area contributed by atoms with Crippen molar-refractivity contribution < 1.29 is 9.90 Å². The highest BCUT2D eigenvalue weighted by molar-refractivity contribution is 7.99. The zero-order chi connectivity index (χ0) is 15.4. The lowest BCUT2D eigenvalue weighted by Gasteiger charge is -2.42. The first-order valence-corrected chi connectivity index (χ1v) is 10.1. The number of carbonyl (C=O) groups excluding carboxylic acids is 1. The van der Waals surface area contributed by atoms with Crippen LogP contribution in [0.25, 0.3) is 0 Å². The van der Waals surface area contributed by atoms with Gasteiger partial charge in [0.15, 0.2) is 5.60 Å². The minimum absolute atomic E-state index is 0.00236. The van der Waals surface area contributed by atoms with Crippen LogP contribution in [0.1, 0.15) is 44.9 Å². The zero-order valence-electron chi connectivity index (χ0n) is 13.6. The largest absolute Gasteiger partial charge is 0.379 e. The second-order valence-corrected chi connectivity index (χ2v) is 8.50. The predicted octanol–water partition coefficient (Wildman–Crippen LogP) is 1.97. The standard InChI is InChI=1S/C17H30N2O2S/c20-16-17(21,14-18-9-11-22-12-10-18)7-4-8-19(16)13-15-5-2-1-3-6-15/h15,21H,1-14H2/t17-/m0/s1. The molecule has 4 nitrogen and oxygen atoms in total. The number of nitrogens with zero attached hydrogens (tertiary/aromatic N) is 2. The Morgan fingerprint density at radius 3 is 2.55 bits per heavy atom. The number of carbonyl (C=O) groups is 1. The SMILES string of the molecule is O=C1N(CC2CCCCC2)CCC[C@]1(O)CN1CCSCC1. The molecule has 3 aliphatic rings. The molecule has 22 heavy (non-hydrogen) atoms. The number of thioether (sulfide) groups is 1. The number of piperidine rings is 1. The van der Waals surface area contributed by atoms with Gasteiger partial charge in [-0.2, -0.15) is 11.8 Å². The van der Waals surface area contributed by atoms with Crippen molar-refractivity contribution in [3.8, 4) is 0 Å². The molecule has 0 unspecified atom stereocenters. The Kier molecular flexibility index (Phi) is 5.69. The molecule has 1 aliphatic carbocycles. The first kappa shape index (κ1) is 16.6. The summed E-state index contributed by atoms with van der Waals surface area (Å²) in [6, 6.07) is 0. The summed E-state index contributed by atoms with van der Waals surface area (Å²) < 4.78 is 0. The van der Waals surface area contributed by atoms with E-state index in [1.807, 2.05) is 16.7 Å². The van der Waals surface area contributed by atoms with Gasteiger partial charge in [0.05, 0.1) is 0 Å². The van der Waals surface area contributed by atoms with Gasteiger partial charge < -0.3 is 10.0 Å². The normalized spacial score (nSPS) is 32.4. The van der Waals surface area contributed by atoms with Crippen LogP contribution >= 0.6 is 11.8 Å².